The molecule has 0 N–H and O–H groups in total. The van der Waals surface area contributed by atoms with Crippen molar-refractivity contribution in [1.82, 2.24) is 4.98 Å². The Balaban J connectivity index is 2.14. The van der Waals surface area contributed by atoms with Crippen molar-refractivity contribution in [3.8, 4) is 0 Å². The van der Waals surface area contributed by atoms with Gasteiger partial charge in [0.2, 0.25) is 0 Å². The maximum absolute atomic E-state index is 12.5. The summed E-state index contributed by atoms with van der Waals surface area (Å²) in [6.07, 6.45) is 1.68. The Morgan fingerprint density at radius 1 is 0.947 bits per heavy atom. The van der Waals surface area contributed by atoms with Crippen molar-refractivity contribution in [3.05, 3.63) is 76.4 Å². The third-order valence-corrected chi connectivity index (χ3v) is 3.53. The Hall–Kier alpha value is -2.00. The lowest BCUT2D eigenvalue weighted by atomic mass is 10.00. The number of halogens is 1. The molecule has 0 amide bonds. The quantitative estimate of drug-likeness (QED) is 0.663. The predicted octanol–water partition coefficient (Wildman–Crippen LogP) is 4.23. The van der Waals surface area contributed by atoms with Gasteiger partial charge in [-0.1, -0.05) is 34.1 Å². The molecular formula is C16H10BrNO. The number of ketones is 1. The number of aromatic nitrogens is 1. The third kappa shape index (κ3) is 2.29. The molecule has 3 heteroatoms. The summed E-state index contributed by atoms with van der Waals surface area (Å²) in [7, 11) is 0. The number of hydrogen-bond donors (Lipinski definition) is 0. The SMILES string of the molecule is O=C(c1ccc(Br)cc1)c1ccnc2ccccc12. The van der Waals surface area contributed by atoms with E-state index in [-0.39, 0.29) is 5.78 Å². The van der Waals surface area contributed by atoms with Gasteiger partial charge in [-0.25, -0.2) is 0 Å². The molecule has 0 saturated heterocycles. The highest BCUT2D eigenvalue weighted by Crippen LogP contribution is 2.20. The molecule has 3 rings (SSSR count). The van der Waals surface area contributed by atoms with Crippen LogP contribution in [0.25, 0.3) is 10.9 Å². The number of para-hydroxylation sites is 1. The van der Waals surface area contributed by atoms with Crippen LogP contribution in [0.3, 0.4) is 0 Å². The second kappa shape index (κ2) is 4.94. The normalized spacial score (nSPS) is 10.6. The van der Waals surface area contributed by atoms with Crippen molar-refractivity contribution in [1.29, 1.82) is 0 Å². The van der Waals surface area contributed by atoms with E-state index in [0.29, 0.717) is 11.1 Å². The molecule has 0 bridgehead atoms. The predicted molar refractivity (Wildman–Crippen MR) is 79.3 cm³/mol. The Morgan fingerprint density at radius 3 is 2.47 bits per heavy atom. The number of hydrogen-bond acceptors (Lipinski definition) is 2. The zero-order valence-electron chi connectivity index (χ0n) is 10.0. The molecule has 0 radical (unpaired) electrons. The van der Waals surface area contributed by atoms with E-state index >= 15 is 0 Å². The third-order valence-electron chi connectivity index (χ3n) is 3.00. The van der Waals surface area contributed by atoms with Crippen LogP contribution in [0.15, 0.2) is 65.3 Å². The lowest BCUT2D eigenvalue weighted by molar-refractivity contribution is 0.104. The van der Waals surface area contributed by atoms with E-state index in [1.165, 1.54) is 0 Å². The average molecular weight is 312 g/mol. The van der Waals surface area contributed by atoms with Crippen LogP contribution in [0.4, 0.5) is 0 Å². The highest BCUT2D eigenvalue weighted by Gasteiger charge is 2.12. The van der Waals surface area contributed by atoms with Crippen LogP contribution < -0.4 is 0 Å². The summed E-state index contributed by atoms with van der Waals surface area (Å²) in [5.74, 6) is 0.0195. The fraction of sp³-hybridized carbons (Fsp3) is 0. The molecule has 0 aliphatic rings. The molecule has 19 heavy (non-hydrogen) atoms. The maximum Gasteiger partial charge on any atom is 0.193 e. The second-order valence-electron chi connectivity index (χ2n) is 4.21. The number of carbonyl (C=O) groups excluding carboxylic acids is 1. The van der Waals surface area contributed by atoms with Crippen LogP contribution in [0.5, 0.6) is 0 Å². The summed E-state index contributed by atoms with van der Waals surface area (Å²) < 4.78 is 0.962. The second-order valence-corrected chi connectivity index (χ2v) is 5.13. The van der Waals surface area contributed by atoms with Crippen LogP contribution in [0.1, 0.15) is 15.9 Å². The molecule has 0 atom stereocenters. The van der Waals surface area contributed by atoms with Gasteiger partial charge < -0.3 is 0 Å². The minimum atomic E-state index is 0.0195. The van der Waals surface area contributed by atoms with E-state index in [9.17, 15) is 4.79 Å². The Bertz CT molecular complexity index is 745. The van der Waals surface area contributed by atoms with Gasteiger partial charge in [0.25, 0.3) is 0 Å². The van der Waals surface area contributed by atoms with Gasteiger partial charge in [0.1, 0.15) is 0 Å². The van der Waals surface area contributed by atoms with Gasteiger partial charge in [0, 0.05) is 27.2 Å². The molecule has 92 valence electrons. The van der Waals surface area contributed by atoms with Gasteiger partial charge in [-0.2, -0.15) is 0 Å². The summed E-state index contributed by atoms with van der Waals surface area (Å²) in [6, 6.07) is 16.8. The van der Waals surface area contributed by atoms with Gasteiger partial charge in [0.15, 0.2) is 5.78 Å². The summed E-state index contributed by atoms with van der Waals surface area (Å²) in [5.41, 5.74) is 2.21. The lowest BCUT2D eigenvalue weighted by Gasteiger charge is -2.05. The summed E-state index contributed by atoms with van der Waals surface area (Å²) in [4.78, 5) is 16.8. The zero-order valence-corrected chi connectivity index (χ0v) is 11.6. The number of pyridine rings is 1. The molecule has 0 aliphatic heterocycles. The van der Waals surface area contributed by atoms with E-state index in [1.807, 2.05) is 48.5 Å². The minimum absolute atomic E-state index is 0.0195. The van der Waals surface area contributed by atoms with Crippen molar-refractivity contribution in [2.75, 3.05) is 0 Å². The monoisotopic (exact) mass is 311 g/mol. The number of rotatable bonds is 2. The summed E-state index contributed by atoms with van der Waals surface area (Å²) in [5, 5.41) is 0.887. The van der Waals surface area contributed by atoms with E-state index < -0.39 is 0 Å². The Labute approximate surface area is 119 Å². The number of carbonyl (C=O) groups is 1. The van der Waals surface area contributed by atoms with Gasteiger partial charge in [-0.15, -0.1) is 0 Å². The van der Waals surface area contributed by atoms with Crippen molar-refractivity contribution < 1.29 is 4.79 Å². The van der Waals surface area contributed by atoms with Crippen molar-refractivity contribution in [2.24, 2.45) is 0 Å². The zero-order chi connectivity index (χ0) is 13.2. The maximum atomic E-state index is 12.5. The molecule has 2 aromatic carbocycles. The van der Waals surface area contributed by atoms with Crippen molar-refractivity contribution >= 4 is 32.6 Å². The van der Waals surface area contributed by atoms with Crippen LogP contribution in [0.2, 0.25) is 0 Å². The number of fused-ring (bicyclic) bond motifs is 1. The molecular weight excluding hydrogens is 302 g/mol. The first-order chi connectivity index (χ1) is 9.25. The summed E-state index contributed by atoms with van der Waals surface area (Å²) in [6.45, 7) is 0. The molecule has 0 saturated carbocycles. The van der Waals surface area contributed by atoms with Crippen molar-refractivity contribution in [3.63, 3.8) is 0 Å². The van der Waals surface area contributed by atoms with Gasteiger partial charge in [-0.05, 0) is 36.4 Å². The van der Waals surface area contributed by atoms with Crippen LogP contribution in [-0.4, -0.2) is 10.8 Å². The van der Waals surface area contributed by atoms with E-state index in [1.54, 1.807) is 12.3 Å². The first kappa shape index (κ1) is 12.1. The fourth-order valence-electron chi connectivity index (χ4n) is 2.05. The fourth-order valence-corrected chi connectivity index (χ4v) is 2.31. The standard InChI is InChI=1S/C16H10BrNO/c17-12-7-5-11(6-8-12)16(19)14-9-10-18-15-4-2-1-3-13(14)15/h1-10H. The van der Waals surface area contributed by atoms with E-state index in [2.05, 4.69) is 20.9 Å². The average Bonchev–Trinajstić information content (AvgIpc) is 2.47. The van der Waals surface area contributed by atoms with Gasteiger partial charge >= 0.3 is 0 Å². The Kier molecular flexibility index (Phi) is 3.13. The highest BCUT2D eigenvalue weighted by molar-refractivity contribution is 9.10. The molecule has 3 aromatic rings. The molecule has 1 heterocycles. The van der Waals surface area contributed by atoms with Crippen LogP contribution >= 0.6 is 15.9 Å². The number of nitrogens with zero attached hydrogens (tertiary/aromatic N) is 1. The van der Waals surface area contributed by atoms with Crippen LogP contribution in [-0.2, 0) is 0 Å². The molecule has 2 nitrogen and oxygen atoms in total. The molecule has 0 aliphatic carbocycles. The first-order valence-corrected chi connectivity index (χ1v) is 6.69. The molecule has 0 spiro atoms. The van der Waals surface area contributed by atoms with Crippen molar-refractivity contribution in [2.45, 2.75) is 0 Å². The largest absolute Gasteiger partial charge is 0.289 e. The lowest BCUT2D eigenvalue weighted by Crippen LogP contribution is -2.02. The minimum Gasteiger partial charge on any atom is -0.289 e. The van der Waals surface area contributed by atoms with E-state index in [0.717, 1.165) is 15.4 Å². The highest BCUT2D eigenvalue weighted by atomic mass is 79.9. The molecule has 0 fully saturated rings. The first-order valence-electron chi connectivity index (χ1n) is 5.90. The van der Waals surface area contributed by atoms with E-state index in [4.69, 9.17) is 0 Å². The summed E-state index contributed by atoms with van der Waals surface area (Å²) >= 11 is 3.37. The van der Waals surface area contributed by atoms with Gasteiger partial charge in [0.05, 0.1) is 5.52 Å². The van der Waals surface area contributed by atoms with Crippen LogP contribution in [0, 0.1) is 0 Å². The molecule has 0 unspecified atom stereocenters. The number of benzene rings is 2. The topological polar surface area (TPSA) is 30.0 Å². The Morgan fingerprint density at radius 2 is 1.68 bits per heavy atom. The smallest absolute Gasteiger partial charge is 0.193 e. The van der Waals surface area contributed by atoms with Gasteiger partial charge in [-0.3, -0.25) is 9.78 Å². The molecule has 1 aromatic heterocycles.